The average Bonchev–Trinajstić information content (AvgIpc) is 2.60. The number of ether oxygens (including phenoxy) is 2. The molecule has 0 radical (unpaired) electrons. The molecule has 1 atom stereocenters. The maximum atomic E-state index is 5.74. The zero-order chi connectivity index (χ0) is 11.4. The highest BCUT2D eigenvalue weighted by molar-refractivity contribution is 7.98. The van der Waals surface area contributed by atoms with E-state index in [1.807, 2.05) is 31.7 Å². The predicted molar refractivity (Wildman–Crippen MR) is 67.5 cm³/mol. The number of rotatable bonds is 4. The molecule has 0 unspecified atom stereocenters. The summed E-state index contributed by atoms with van der Waals surface area (Å²) in [7, 11) is 0. The van der Waals surface area contributed by atoms with Gasteiger partial charge in [-0.1, -0.05) is 30.3 Å². The normalized spacial score (nSPS) is 23.5. The summed E-state index contributed by atoms with van der Waals surface area (Å²) in [5, 5.41) is 0. The van der Waals surface area contributed by atoms with Crippen molar-refractivity contribution in [2.45, 2.75) is 31.5 Å². The minimum absolute atomic E-state index is 0.240. The lowest BCUT2D eigenvalue weighted by Crippen LogP contribution is -2.22. The van der Waals surface area contributed by atoms with Gasteiger partial charge in [-0.3, -0.25) is 0 Å². The van der Waals surface area contributed by atoms with E-state index in [-0.39, 0.29) is 6.10 Å². The first-order valence-electron chi connectivity index (χ1n) is 5.59. The second-order valence-electron chi connectivity index (χ2n) is 4.45. The van der Waals surface area contributed by atoms with Crippen molar-refractivity contribution in [2.75, 3.05) is 12.4 Å². The van der Waals surface area contributed by atoms with Crippen molar-refractivity contribution in [1.82, 2.24) is 0 Å². The van der Waals surface area contributed by atoms with Crippen LogP contribution in [0.1, 0.15) is 19.4 Å². The fourth-order valence-electron chi connectivity index (χ4n) is 1.73. The summed E-state index contributed by atoms with van der Waals surface area (Å²) in [6, 6.07) is 10.5. The van der Waals surface area contributed by atoms with Gasteiger partial charge in [0.25, 0.3) is 0 Å². The van der Waals surface area contributed by atoms with Crippen LogP contribution in [-0.2, 0) is 15.2 Å². The van der Waals surface area contributed by atoms with Gasteiger partial charge in [0.2, 0.25) is 0 Å². The largest absolute Gasteiger partial charge is 0.348 e. The summed E-state index contributed by atoms with van der Waals surface area (Å²) in [5.41, 5.74) is 1.37. The zero-order valence-electron chi connectivity index (χ0n) is 9.81. The lowest BCUT2D eigenvalue weighted by molar-refractivity contribution is -0.135. The van der Waals surface area contributed by atoms with Crippen molar-refractivity contribution in [3.8, 4) is 0 Å². The van der Waals surface area contributed by atoms with E-state index in [1.165, 1.54) is 5.56 Å². The molecular weight excluding hydrogens is 220 g/mol. The van der Waals surface area contributed by atoms with Gasteiger partial charge >= 0.3 is 0 Å². The average molecular weight is 238 g/mol. The molecule has 1 aliphatic rings. The Morgan fingerprint density at radius 1 is 1.31 bits per heavy atom. The number of hydrogen-bond donors (Lipinski definition) is 0. The molecule has 16 heavy (non-hydrogen) atoms. The maximum Gasteiger partial charge on any atom is 0.163 e. The van der Waals surface area contributed by atoms with Crippen LogP contribution in [0.15, 0.2) is 30.3 Å². The third-order valence-electron chi connectivity index (χ3n) is 2.48. The Morgan fingerprint density at radius 2 is 2.06 bits per heavy atom. The summed E-state index contributed by atoms with van der Waals surface area (Å²) in [4.78, 5) is 0. The fraction of sp³-hybridized carbons (Fsp3) is 0.538. The second kappa shape index (κ2) is 5.21. The summed E-state index contributed by atoms with van der Waals surface area (Å²) in [6.45, 7) is 4.65. The van der Waals surface area contributed by atoms with Crippen LogP contribution < -0.4 is 0 Å². The van der Waals surface area contributed by atoms with Gasteiger partial charge in [-0.15, -0.1) is 0 Å². The van der Waals surface area contributed by atoms with Crippen molar-refractivity contribution in [2.24, 2.45) is 0 Å². The van der Waals surface area contributed by atoms with Crippen LogP contribution in [0, 0.1) is 0 Å². The summed E-state index contributed by atoms with van der Waals surface area (Å²) >= 11 is 1.90. The zero-order valence-corrected chi connectivity index (χ0v) is 10.6. The topological polar surface area (TPSA) is 18.5 Å². The van der Waals surface area contributed by atoms with Crippen molar-refractivity contribution in [3.63, 3.8) is 0 Å². The minimum Gasteiger partial charge on any atom is -0.348 e. The van der Waals surface area contributed by atoms with E-state index in [9.17, 15) is 0 Å². The fourth-order valence-corrected chi connectivity index (χ4v) is 2.70. The maximum absolute atomic E-state index is 5.74. The summed E-state index contributed by atoms with van der Waals surface area (Å²) in [6.07, 6.45) is 0.240. The van der Waals surface area contributed by atoms with Crippen molar-refractivity contribution < 1.29 is 9.47 Å². The minimum atomic E-state index is -0.391. The summed E-state index contributed by atoms with van der Waals surface area (Å²) < 4.78 is 11.3. The molecule has 1 aromatic rings. The molecule has 2 rings (SSSR count). The molecule has 0 aromatic heterocycles. The molecule has 0 amide bonds. The molecular formula is C13H18O2S. The van der Waals surface area contributed by atoms with E-state index in [1.54, 1.807) is 0 Å². The van der Waals surface area contributed by atoms with Gasteiger partial charge in [0.05, 0.1) is 12.7 Å². The molecule has 2 nitrogen and oxygen atoms in total. The van der Waals surface area contributed by atoms with Crippen LogP contribution in [-0.4, -0.2) is 24.3 Å². The molecule has 0 N–H and O–H groups in total. The number of benzene rings is 1. The second-order valence-corrected chi connectivity index (χ2v) is 5.48. The smallest absolute Gasteiger partial charge is 0.163 e. The van der Waals surface area contributed by atoms with Crippen LogP contribution in [0.3, 0.4) is 0 Å². The van der Waals surface area contributed by atoms with E-state index in [2.05, 4.69) is 24.3 Å². The number of hydrogen-bond acceptors (Lipinski definition) is 3. The molecule has 0 aliphatic carbocycles. The standard InChI is InChI=1S/C13H18O2S/c1-13(2)14-8-12(15-13)10-16-9-11-6-4-3-5-7-11/h3-7,12H,8-10H2,1-2H3/t12-/m0/s1. The Balaban J connectivity index is 1.70. The van der Waals surface area contributed by atoms with Gasteiger partial charge in [-0.2, -0.15) is 11.8 Å². The van der Waals surface area contributed by atoms with Gasteiger partial charge in [-0.05, 0) is 19.4 Å². The Morgan fingerprint density at radius 3 is 2.69 bits per heavy atom. The molecule has 1 aliphatic heterocycles. The number of thioether (sulfide) groups is 1. The van der Waals surface area contributed by atoms with E-state index < -0.39 is 5.79 Å². The molecule has 3 heteroatoms. The van der Waals surface area contributed by atoms with E-state index in [0.29, 0.717) is 0 Å². The van der Waals surface area contributed by atoms with Crippen LogP contribution in [0.5, 0.6) is 0 Å². The molecule has 1 fully saturated rings. The molecule has 0 spiro atoms. The molecule has 1 saturated heterocycles. The van der Waals surface area contributed by atoms with Crippen molar-refractivity contribution in [1.29, 1.82) is 0 Å². The SMILES string of the molecule is CC1(C)OC[C@@H](CSCc2ccccc2)O1. The highest BCUT2D eigenvalue weighted by Gasteiger charge is 2.32. The van der Waals surface area contributed by atoms with Crippen molar-refractivity contribution in [3.05, 3.63) is 35.9 Å². The lowest BCUT2D eigenvalue weighted by Gasteiger charge is -2.16. The quantitative estimate of drug-likeness (QED) is 0.803. The Kier molecular flexibility index (Phi) is 3.90. The van der Waals surface area contributed by atoms with Gasteiger partial charge < -0.3 is 9.47 Å². The molecule has 1 aromatic carbocycles. The lowest BCUT2D eigenvalue weighted by atomic mass is 10.2. The Labute approximate surface area is 101 Å². The van der Waals surface area contributed by atoms with Crippen LogP contribution >= 0.6 is 11.8 Å². The van der Waals surface area contributed by atoms with E-state index >= 15 is 0 Å². The van der Waals surface area contributed by atoms with Crippen LogP contribution in [0.2, 0.25) is 0 Å². The van der Waals surface area contributed by atoms with Crippen molar-refractivity contribution >= 4 is 11.8 Å². The summed E-state index contributed by atoms with van der Waals surface area (Å²) in [5.74, 6) is 1.65. The molecule has 0 bridgehead atoms. The third-order valence-corrected chi connectivity index (χ3v) is 3.63. The first-order valence-corrected chi connectivity index (χ1v) is 6.75. The molecule has 88 valence electrons. The molecule has 1 heterocycles. The first-order chi connectivity index (χ1) is 7.66. The van der Waals surface area contributed by atoms with Crippen LogP contribution in [0.25, 0.3) is 0 Å². The third kappa shape index (κ3) is 3.51. The van der Waals surface area contributed by atoms with E-state index in [0.717, 1.165) is 18.1 Å². The van der Waals surface area contributed by atoms with Gasteiger partial charge in [0.15, 0.2) is 5.79 Å². The van der Waals surface area contributed by atoms with Gasteiger partial charge in [0, 0.05) is 11.5 Å². The Hall–Kier alpha value is -0.510. The molecule has 0 saturated carbocycles. The van der Waals surface area contributed by atoms with Gasteiger partial charge in [-0.25, -0.2) is 0 Å². The van der Waals surface area contributed by atoms with E-state index in [4.69, 9.17) is 9.47 Å². The van der Waals surface area contributed by atoms with Gasteiger partial charge in [0.1, 0.15) is 0 Å². The highest BCUT2D eigenvalue weighted by atomic mass is 32.2. The van der Waals surface area contributed by atoms with Crippen LogP contribution in [0.4, 0.5) is 0 Å². The highest BCUT2D eigenvalue weighted by Crippen LogP contribution is 2.25. The monoisotopic (exact) mass is 238 g/mol. The first kappa shape index (κ1) is 12.0. The predicted octanol–water partition coefficient (Wildman–Crippen LogP) is 3.07. The Bertz CT molecular complexity index is 324.